The van der Waals surface area contributed by atoms with Gasteiger partial charge in [-0.05, 0) is 30.2 Å². The number of carbonyl (C=O) groups is 1. The van der Waals surface area contributed by atoms with Crippen molar-refractivity contribution in [2.45, 2.75) is 12.8 Å². The van der Waals surface area contributed by atoms with Crippen LogP contribution in [-0.4, -0.2) is 22.9 Å². The van der Waals surface area contributed by atoms with E-state index < -0.39 is 5.82 Å². The molecule has 2 N–H and O–H groups in total. The highest BCUT2D eigenvalue weighted by atomic mass is 19.1. The van der Waals surface area contributed by atoms with E-state index in [0.29, 0.717) is 18.6 Å². The molecule has 0 unspecified atom stereocenters. The number of amides is 1. The Hall–Kier alpha value is -2.70. The standard InChI is InChI=1S/C14H13FN4O2/c1-16-14-17-7-10(15)13(19-14)21-9-3-4-11-8(6-9)2-5-12(20)18-11/h3-4,6-7H,2,5H2,1H3,(H,18,20)(H,16,17,19). The molecule has 108 valence electrons. The van der Waals surface area contributed by atoms with Crippen LogP contribution >= 0.6 is 0 Å². The third kappa shape index (κ3) is 2.76. The normalized spacial score (nSPS) is 13.3. The molecule has 21 heavy (non-hydrogen) atoms. The van der Waals surface area contributed by atoms with Gasteiger partial charge in [0.05, 0.1) is 6.20 Å². The lowest BCUT2D eigenvalue weighted by molar-refractivity contribution is -0.116. The minimum Gasteiger partial charge on any atom is -0.436 e. The van der Waals surface area contributed by atoms with Gasteiger partial charge in [0.15, 0.2) is 0 Å². The monoisotopic (exact) mass is 288 g/mol. The molecule has 0 bridgehead atoms. The summed E-state index contributed by atoms with van der Waals surface area (Å²) in [4.78, 5) is 19.0. The molecule has 2 heterocycles. The van der Waals surface area contributed by atoms with E-state index in [-0.39, 0.29) is 17.7 Å². The first-order chi connectivity index (χ1) is 10.2. The van der Waals surface area contributed by atoms with Gasteiger partial charge >= 0.3 is 0 Å². The van der Waals surface area contributed by atoms with Crippen molar-refractivity contribution in [2.24, 2.45) is 0 Å². The van der Waals surface area contributed by atoms with E-state index in [1.807, 2.05) is 0 Å². The number of ether oxygens (including phenoxy) is 1. The molecule has 0 spiro atoms. The molecule has 1 aromatic carbocycles. The van der Waals surface area contributed by atoms with Crippen molar-refractivity contribution >= 4 is 17.5 Å². The molecule has 0 saturated carbocycles. The largest absolute Gasteiger partial charge is 0.436 e. The third-order valence-electron chi connectivity index (χ3n) is 3.12. The molecule has 1 aliphatic heterocycles. The van der Waals surface area contributed by atoms with Gasteiger partial charge in [-0.25, -0.2) is 4.98 Å². The number of hydrogen-bond acceptors (Lipinski definition) is 5. The maximum atomic E-state index is 13.6. The number of nitrogens with zero attached hydrogens (tertiary/aromatic N) is 2. The fourth-order valence-corrected chi connectivity index (χ4v) is 2.08. The number of anilines is 2. The van der Waals surface area contributed by atoms with Crippen molar-refractivity contribution in [1.82, 2.24) is 9.97 Å². The van der Waals surface area contributed by atoms with Crippen molar-refractivity contribution < 1.29 is 13.9 Å². The number of fused-ring (bicyclic) bond motifs is 1. The minimum atomic E-state index is -0.639. The fourth-order valence-electron chi connectivity index (χ4n) is 2.08. The number of hydrogen-bond donors (Lipinski definition) is 2. The second kappa shape index (κ2) is 5.35. The maximum absolute atomic E-state index is 13.6. The lowest BCUT2D eigenvalue weighted by atomic mass is 10.0. The van der Waals surface area contributed by atoms with Gasteiger partial charge in [-0.1, -0.05) is 0 Å². The van der Waals surface area contributed by atoms with Gasteiger partial charge in [0.1, 0.15) is 5.75 Å². The molecule has 3 rings (SSSR count). The number of nitrogens with one attached hydrogen (secondary N) is 2. The Morgan fingerprint density at radius 2 is 2.24 bits per heavy atom. The molecule has 6 nitrogen and oxygen atoms in total. The van der Waals surface area contributed by atoms with Crippen molar-refractivity contribution in [1.29, 1.82) is 0 Å². The minimum absolute atomic E-state index is 0.00308. The van der Waals surface area contributed by atoms with Crippen LogP contribution in [0.2, 0.25) is 0 Å². The molecule has 0 saturated heterocycles. The van der Waals surface area contributed by atoms with Gasteiger partial charge in [0.25, 0.3) is 5.88 Å². The van der Waals surface area contributed by atoms with Gasteiger partial charge in [0.2, 0.25) is 17.7 Å². The third-order valence-corrected chi connectivity index (χ3v) is 3.12. The first-order valence-electron chi connectivity index (χ1n) is 6.46. The lowest BCUT2D eigenvalue weighted by Gasteiger charge is -2.17. The smallest absolute Gasteiger partial charge is 0.260 e. The molecular weight excluding hydrogens is 275 g/mol. The summed E-state index contributed by atoms with van der Waals surface area (Å²) in [5, 5.41) is 5.50. The van der Waals surface area contributed by atoms with Gasteiger partial charge in [-0.15, -0.1) is 0 Å². The van der Waals surface area contributed by atoms with Gasteiger partial charge in [-0.2, -0.15) is 9.37 Å². The maximum Gasteiger partial charge on any atom is 0.260 e. The number of halogens is 1. The molecule has 0 radical (unpaired) electrons. The van der Waals surface area contributed by atoms with E-state index in [9.17, 15) is 9.18 Å². The molecule has 0 fully saturated rings. The van der Waals surface area contributed by atoms with Crippen LogP contribution in [-0.2, 0) is 11.2 Å². The summed E-state index contributed by atoms with van der Waals surface area (Å²) in [5.74, 6) is -0.0491. The second-order valence-corrected chi connectivity index (χ2v) is 4.57. The lowest BCUT2D eigenvalue weighted by Crippen LogP contribution is -2.18. The zero-order chi connectivity index (χ0) is 14.8. The Labute approximate surface area is 120 Å². The van der Waals surface area contributed by atoms with Crippen LogP contribution < -0.4 is 15.4 Å². The molecule has 1 amide bonds. The molecule has 1 aromatic heterocycles. The van der Waals surface area contributed by atoms with Gasteiger partial charge < -0.3 is 15.4 Å². The van der Waals surface area contributed by atoms with Crippen LogP contribution in [0.4, 0.5) is 16.0 Å². The summed E-state index contributed by atoms with van der Waals surface area (Å²) >= 11 is 0. The summed E-state index contributed by atoms with van der Waals surface area (Å²) in [7, 11) is 1.64. The van der Waals surface area contributed by atoms with Crippen LogP contribution in [0.15, 0.2) is 24.4 Å². The van der Waals surface area contributed by atoms with Crippen molar-refractivity contribution in [2.75, 3.05) is 17.7 Å². The highest BCUT2D eigenvalue weighted by Gasteiger charge is 2.16. The van der Waals surface area contributed by atoms with Crippen molar-refractivity contribution in [3.63, 3.8) is 0 Å². The fraction of sp³-hybridized carbons (Fsp3) is 0.214. The van der Waals surface area contributed by atoms with Crippen molar-refractivity contribution in [3.8, 4) is 11.6 Å². The zero-order valence-electron chi connectivity index (χ0n) is 11.3. The van der Waals surface area contributed by atoms with E-state index in [1.165, 1.54) is 0 Å². The summed E-state index contributed by atoms with van der Waals surface area (Å²) in [6, 6.07) is 5.17. The van der Waals surface area contributed by atoms with Crippen LogP contribution in [0, 0.1) is 5.82 Å². The molecule has 2 aromatic rings. The summed E-state index contributed by atoms with van der Waals surface area (Å²) in [6.45, 7) is 0. The van der Waals surface area contributed by atoms with Crippen LogP contribution in [0.25, 0.3) is 0 Å². The van der Waals surface area contributed by atoms with Crippen LogP contribution in [0.3, 0.4) is 0 Å². The van der Waals surface area contributed by atoms with E-state index in [2.05, 4.69) is 20.6 Å². The summed E-state index contributed by atoms with van der Waals surface area (Å²) in [6.07, 6.45) is 2.11. The Morgan fingerprint density at radius 3 is 3.05 bits per heavy atom. The summed E-state index contributed by atoms with van der Waals surface area (Å²) < 4.78 is 19.1. The second-order valence-electron chi connectivity index (χ2n) is 4.57. The SMILES string of the molecule is CNc1ncc(F)c(Oc2ccc3c(c2)CCC(=O)N3)n1. The van der Waals surface area contributed by atoms with E-state index in [0.717, 1.165) is 17.4 Å². The Kier molecular flexibility index (Phi) is 3.39. The predicted octanol–water partition coefficient (Wildman–Crippen LogP) is 2.33. The first kappa shape index (κ1) is 13.3. The molecular formula is C14H13FN4O2. The zero-order valence-corrected chi connectivity index (χ0v) is 11.3. The van der Waals surface area contributed by atoms with Crippen molar-refractivity contribution in [3.05, 3.63) is 35.8 Å². The van der Waals surface area contributed by atoms with Crippen LogP contribution in [0.5, 0.6) is 11.6 Å². The average Bonchev–Trinajstić information content (AvgIpc) is 2.49. The Balaban J connectivity index is 1.87. The number of benzene rings is 1. The summed E-state index contributed by atoms with van der Waals surface area (Å²) in [5.41, 5.74) is 1.72. The molecule has 0 aliphatic carbocycles. The number of aryl methyl sites for hydroxylation is 1. The first-order valence-corrected chi connectivity index (χ1v) is 6.46. The predicted molar refractivity (Wildman–Crippen MR) is 75.0 cm³/mol. The van der Waals surface area contributed by atoms with Gasteiger partial charge in [0, 0.05) is 19.2 Å². The molecule has 7 heteroatoms. The highest BCUT2D eigenvalue weighted by molar-refractivity contribution is 5.94. The van der Waals surface area contributed by atoms with Crippen LogP contribution in [0.1, 0.15) is 12.0 Å². The number of aromatic nitrogens is 2. The Morgan fingerprint density at radius 1 is 1.38 bits per heavy atom. The molecule has 0 atom stereocenters. The van der Waals surface area contributed by atoms with E-state index in [1.54, 1.807) is 25.2 Å². The topological polar surface area (TPSA) is 76.1 Å². The van der Waals surface area contributed by atoms with Gasteiger partial charge in [-0.3, -0.25) is 4.79 Å². The van der Waals surface area contributed by atoms with E-state index in [4.69, 9.17) is 4.74 Å². The molecule has 1 aliphatic rings. The van der Waals surface area contributed by atoms with E-state index >= 15 is 0 Å². The quantitative estimate of drug-likeness (QED) is 0.906. The number of carbonyl (C=O) groups excluding carboxylic acids is 1. The Bertz CT molecular complexity index is 705. The number of rotatable bonds is 3. The highest BCUT2D eigenvalue weighted by Crippen LogP contribution is 2.29. The average molecular weight is 288 g/mol.